The molecule has 0 aromatic carbocycles. The van der Waals surface area contributed by atoms with E-state index in [-0.39, 0.29) is 18.0 Å². The average Bonchev–Trinajstić information content (AvgIpc) is 2.59. The molecule has 0 heterocycles. The van der Waals surface area contributed by atoms with E-state index in [9.17, 15) is 9.59 Å². The second-order valence-corrected chi connectivity index (χ2v) is 7.34. The summed E-state index contributed by atoms with van der Waals surface area (Å²) in [4.78, 5) is 22.8. The molecule has 0 spiro atoms. The Kier molecular flexibility index (Phi) is 15.3. The molecule has 4 nitrogen and oxygen atoms in total. The molecule has 1 N–H and O–H groups in total. The molecule has 0 aliphatic carbocycles. The van der Waals surface area contributed by atoms with Crippen LogP contribution in [0.2, 0.25) is 0 Å². The van der Waals surface area contributed by atoms with E-state index in [1.165, 1.54) is 64.9 Å². The van der Waals surface area contributed by atoms with Crippen LogP contribution in [0.15, 0.2) is 12.2 Å². The van der Waals surface area contributed by atoms with Gasteiger partial charge < -0.3 is 10.1 Å². The first-order valence-corrected chi connectivity index (χ1v) is 10.00. The molecule has 0 atom stereocenters. The van der Waals surface area contributed by atoms with Crippen LogP contribution in [-0.4, -0.2) is 25.5 Å². The Hall–Kier alpha value is -1.32. The third kappa shape index (κ3) is 15.9. The second-order valence-electron chi connectivity index (χ2n) is 7.34. The molecule has 0 radical (unpaired) electrons. The summed E-state index contributed by atoms with van der Waals surface area (Å²) in [6.45, 7) is 8.34. The van der Waals surface area contributed by atoms with Crippen molar-refractivity contribution in [2.45, 2.75) is 90.9 Å². The van der Waals surface area contributed by atoms with Gasteiger partial charge in [-0.15, -0.1) is 0 Å². The maximum atomic E-state index is 11.7. The largest absolute Gasteiger partial charge is 0.466 e. The van der Waals surface area contributed by atoms with Gasteiger partial charge in [-0.3, -0.25) is 4.79 Å². The van der Waals surface area contributed by atoms with Crippen LogP contribution >= 0.6 is 0 Å². The number of esters is 1. The SMILES string of the molecule is C=C(CNC(=O)CCCCCCCCCCCCC(C)C)C(=O)OC. The van der Waals surface area contributed by atoms with E-state index in [0.29, 0.717) is 6.42 Å². The highest BCUT2D eigenvalue weighted by atomic mass is 16.5. The van der Waals surface area contributed by atoms with Crippen molar-refractivity contribution in [3.05, 3.63) is 12.2 Å². The van der Waals surface area contributed by atoms with Gasteiger partial charge >= 0.3 is 5.97 Å². The number of hydrogen-bond donors (Lipinski definition) is 1. The zero-order valence-electron chi connectivity index (χ0n) is 16.7. The molecule has 0 saturated carbocycles. The van der Waals surface area contributed by atoms with Crippen molar-refractivity contribution >= 4 is 11.9 Å². The van der Waals surface area contributed by atoms with E-state index in [1.54, 1.807) is 0 Å². The van der Waals surface area contributed by atoms with Crippen molar-refractivity contribution < 1.29 is 14.3 Å². The van der Waals surface area contributed by atoms with Gasteiger partial charge in [-0.2, -0.15) is 0 Å². The van der Waals surface area contributed by atoms with E-state index in [4.69, 9.17) is 0 Å². The number of nitrogens with one attached hydrogen (secondary N) is 1. The zero-order valence-corrected chi connectivity index (χ0v) is 16.7. The molecule has 25 heavy (non-hydrogen) atoms. The Bertz CT molecular complexity index is 377. The van der Waals surface area contributed by atoms with Gasteiger partial charge in [0.25, 0.3) is 0 Å². The van der Waals surface area contributed by atoms with E-state index in [2.05, 4.69) is 30.5 Å². The number of hydrogen-bond acceptors (Lipinski definition) is 3. The van der Waals surface area contributed by atoms with E-state index < -0.39 is 5.97 Å². The van der Waals surface area contributed by atoms with Gasteiger partial charge in [0.05, 0.1) is 7.11 Å². The van der Waals surface area contributed by atoms with Crippen molar-refractivity contribution in [3.8, 4) is 0 Å². The number of ether oxygens (including phenoxy) is 1. The predicted molar refractivity (Wildman–Crippen MR) is 104 cm³/mol. The van der Waals surface area contributed by atoms with E-state index >= 15 is 0 Å². The lowest BCUT2D eigenvalue weighted by Crippen LogP contribution is -2.27. The van der Waals surface area contributed by atoms with Crippen LogP contribution in [0.3, 0.4) is 0 Å². The first-order chi connectivity index (χ1) is 12.0. The summed E-state index contributed by atoms with van der Waals surface area (Å²) in [6.07, 6.45) is 14.5. The highest BCUT2D eigenvalue weighted by Crippen LogP contribution is 2.13. The molecule has 1 amide bonds. The molecule has 0 bridgehead atoms. The quantitative estimate of drug-likeness (QED) is 0.237. The minimum absolute atomic E-state index is 0.0218. The van der Waals surface area contributed by atoms with Gasteiger partial charge in [0, 0.05) is 18.5 Å². The summed E-state index contributed by atoms with van der Waals surface area (Å²) < 4.78 is 4.54. The monoisotopic (exact) mass is 353 g/mol. The van der Waals surface area contributed by atoms with Crippen molar-refractivity contribution in [2.75, 3.05) is 13.7 Å². The predicted octanol–water partition coefficient (Wildman–Crippen LogP) is 5.17. The van der Waals surface area contributed by atoms with Crippen molar-refractivity contribution in [3.63, 3.8) is 0 Å². The van der Waals surface area contributed by atoms with Crippen LogP contribution in [0.4, 0.5) is 0 Å². The molecular weight excluding hydrogens is 314 g/mol. The lowest BCUT2D eigenvalue weighted by atomic mass is 10.0. The van der Waals surface area contributed by atoms with Crippen molar-refractivity contribution in [2.24, 2.45) is 5.92 Å². The second kappa shape index (κ2) is 16.2. The van der Waals surface area contributed by atoms with Gasteiger partial charge in [0.1, 0.15) is 0 Å². The first-order valence-electron chi connectivity index (χ1n) is 10.00. The normalized spacial score (nSPS) is 10.7. The van der Waals surface area contributed by atoms with Crippen molar-refractivity contribution in [1.29, 1.82) is 0 Å². The molecule has 4 heteroatoms. The minimum Gasteiger partial charge on any atom is -0.466 e. The molecule has 0 fully saturated rings. The average molecular weight is 354 g/mol. The van der Waals surface area contributed by atoms with Gasteiger partial charge in [-0.05, 0) is 12.3 Å². The first kappa shape index (κ1) is 23.7. The van der Waals surface area contributed by atoms with Gasteiger partial charge in [0.2, 0.25) is 5.91 Å². The molecule has 0 rings (SSSR count). The Balaban J connectivity index is 3.31. The number of methoxy groups -OCH3 is 1. The topological polar surface area (TPSA) is 55.4 Å². The van der Waals surface area contributed by atoms with E-state index in [0.717, 1.165) is 18.8 Å². The Labute approximate surface area is 154 Å². The number of carbonyl (C=O) groups is 2. The van der Waals surface area contributed by atoms with Gasteiger partial charge in [-0.1, -0.05) is 84.6 Å². The fourth-order valence-electron chi connectivity index (χ4n) is 2.76. The lowest BCUT2D eigenvalue weighted by molar-refractivity contribution is -0.136. The summed E-state index contributed by atoms with van der Waals surface area (Å²) >= 11 is 0. The maximum absolute atomic E-state index is 11.7. The smallest absolute Gasteiger partial charge is 0.334 e. The van der Waals surface area contributed by atoms with Crippen LogP contribution in [0, 0.1) is 5.92 Å². The summed E-state index contributed by atoms with van der Waals surface area (Å²) in [5.74, 6) is 0.348. The third-order valence-electron chi connectivity index (χ3n) is 4.41. The van der Waals surface area contributed by atoms with Crippen LogP contribution in [0.5, 0.6) is 0 Å². The van der Waals surface area contributed by atoms with Gasteiger partial charge in [-0.25, -0.2) is 4.79 Å². The Morgan fingerprint density at radius 1 is 0.880 bits per heavy atom. The molecule has 0 unspecified atom stereocenters. The molecule has 0 aromatic heterocycles. The maximum Gasteiger partial charge on any atom is 0.334 e. The number of carbonyl (C=O) groups excluding carboxylic acids is 2. The van der Waals surface area contributed by atoms with Gasteiger partial charge in [0.15, 0.2) is 0 Å². The summed E-state index contributed by atoms with van der Waals surface area (Å²) in [5, 5.41) is 2.70. The zero-order chi connectivity index (χ0) is 18.9. The lowest BCUT2D eigenvalue weighted by Gasteiger charge is -2.06. The third-order valence-corrected chi connectivity index (χ3v) is 4.41. The Morgan fingerprint density at radius 2 is 1.36 bits per heavy atom. The highest BCUT2D eigenvalue weighted by molar-refractivity contribution is 5.89. The molecule has 0 saturated heterocycles. The molecule has 0 aliphatic rings. The summed E-state index contributed by atoms with van der Waals surface area (Å²) in [7, 11) is 1.31. The Morgan fingerprint density at radius 3 is 1.84 bits per heavy atom. The van der Waals surface area contributed by atoms with Crippen LogP contribution in [0.1, 0.15) is 90.9 Å². The standard InChI is InChI=1S/C21H39NO3/c1-18(2)15-13-11-9-7-5-6-8-10-12-14-16-20(23)22-17-19(3)21(24)25-4/h18H,3,5-17H2,1-2,4H3,(H,22,23). The van der Waals surface area contributed by atoms with E-state index in [1.807, 2.05) is 0 Å². The fourth-order valence-corrected chi connectivity index (χ4v) is 2.76. The summed E-state index contributed by atoms with van der Waals surface area (Å²) in [5.41, 5.74) is 0.278. The number of unbranched alkanes of at least 4 members (excludes halogenated alkanes) is 9. The molecule has 0 aromatic rings. The van der Waals surface area contributed by atoms with Crippen LogP contribution < -0.4 is 5.32 Å². The highest BCUT2D eigenvalue weighted by Gasteiger charge is 2.08. The fraction of sp³-hybridized carbons (Fsp3) is 0.810. The number of amides is 1. The number of rotatable bonds is 16. The summed E-state index contributed by atoms with van der Waals surface area (Å²) in [6, 6.07) is 0. The van der Waals surface area contributed by atoms with Crippen LogP contribution in [-0.2, 0) is 14.3 Å². The molecule has 146 valence electrons. The minimum atomic E-state index is -0.472. The van der Waals surface area contributed by atoms with Crippen molar-refractivity contribution in [1.82, 2.24) is 5.32 Å². The molecule has 0 aliphatic heterocycles. The van der Waals surface area contributed by atoms with Crippen LogP contribution in [0.25, 0.3) is 0 Å². The molecular formula is C21H39NO3.